The molecule has 7 aromatic rings. The quantitative estimate of drug-likeness (QED) is 0.0607. The molecule has 328 valence electrons. The average molecular weight is 879 g/mol. The number of likely N-dealkylation sites (tertiary alicyclic amines) is 1. The monoisotopic (exact) mass is 878 g/mol. The number of fused-ring (bicyclic) bond motifs is 1. The van der Waals surface area contributed by atoms with Gasteiger partial charge in [-0.25, -0.2) is 4.39 Å². The molecule has 12 heteroatoms. The van der Waals surface area contributed by atoms with E-state index in [2.05, 4.69) is 44.8 Å². The highest BCUT2D eigenvalue weighted by atomic mass is 32.1. The van der Waals surface area contributed by atoms with E-state index in [0.29, 0.717) is 34.6 Å². The van der Waals surface area contributed by atoms with E-state index in [4.69, 9.17) is 4.74 Å². The number of ether oxygens (including phenoxy) is 1. The number of nitrogens with zero attached hydrogens (tertiary/aromatic N) is 1. The van der Waals surface area contributed by atoms with Crippen LogP contribution in [0, 0.1) is 18.7 Å². The van der Waals surface area contributed by atoms with Gasteiger partial charge in [-0.1, -0.05) is 84.9 Å². The first-order chi connectivity index (χ1) is 31.1. The van der Waals surface area contributed by atoms with Crippen LogP contribution in [0.1, 0.15) is 73.5 Å². The van der Waals surface area contributed by atoms with Gasteiger partial charge in [-0.15, -0.1) is 11.3 Å². The van der Waals surface area contributed by atoms with Crippen LogP contribution >= 0.6 is 11.3 Å². The van der Waals surface area contributed by atoms with Crippen LogP contribution in [0.25, 0.3) is 21.3 Å². The zero-order valence-corrected chi connectivity index (χ0v) is 36.4. The fourth-order valence-corrected chi connectivity index (χ4v) is 9.34. The Kier molecular flexibility index (Phi) is 14.1. The van der Waals surface area contributed by atoms with Crippen LogP contribution in [0.4, 0.5) is 4.39 Å². The van der Waals surface area contributed by atoms with Gasteiger partial charge in [0.25, 0.3) is 5.91 Å². The summed E-state index contributed by atoms with van der Waals surface area (Å²) in [6.07, 6.45) is 0.984. The number of benzene rings is 5. The van der Waals surface area contributed by atoms with E-state index < -0.39 is 23.7 Å². The standard InChI is InChI=1S/C52H51FN4O6S/c1-33-25-43(44(53)27-39(33)28-54-30-46(59)41-16-18-45(58)50-42(41)17-20-48(60)56-50)51(61)55-29-40-15-19-47(64-40)37-13-8-14-38(26-37)49(36-11-6-3-7-12-36)52(62)63-32-35-21-23-57(24-22-35)31-34-9-4-2-5-10-34/h2-20,25-27,35,46,49,54,58-59H,21-24,28-32H2,1H3,(H,55,61)(H,56,60)/t46-,49?/m0/s1. The van der Waals surface area contributed by atoms with Crippen LogP contribution in [0.2, 0.25) is 0 Å². The molecule has 8 rings (SSSR count). The first-order valence-corrected chi connectivity index (χ1v) is 22.4. The summed E-state index contributed by atoms with van der Waals surface area (Å²) in [6.45, 7) is 5.62. The molecule has 0 aliphatic carbocycles. The molecule has 5 N–H and O–H groups in total. The van der Waals surface area contributed by atoms with Crippen molar-refractivity contribution in [2.45, 2.75) is 51.4 Å². The summed E-state index contributed by atoms with van der Waals surface area (Å²) >= 11 is 1.51. The molecule has 0 spiro atoms. The van der Waals surface area contributed by atoms with E-state index in [1.807, 2.05) is 72.8 Å². The number of pyridine rings is 1. The lowest BCUT2D eigenvalue weighted by atomic mass is 9.90. The molecular weight excluding hydrogens is 828 g/mol. The summed E-state index contributed by atoms with van der Waals surface area (Å²) in [5.41, 5.74) is 5.60. The number of aromatic nitrogens is 1. The highest BCUT2D eigenvalue weighted by Gasteiger charge is 2.27. The molecule has 1 aliphatic heterocycles. The van der Waals surface area contributed by atoms with Crippen molar-refractivity contribution < 1.29 is 28.9 Å². The highest BCUT2D eigenvalue weighted by molar-refractivity contribution is 7.15. The third-order valence-corrected chi connectivity index (χ3v) is 13.1. The smallest absolute Gasteiger partial charge is 0.317 e. The van der Waals surface area contributed by atoms with Crippen molar-refractivity contribution in [3.05, 3.63) is 193 Å². The molecule has 2 atom stereocenters. The molecule has 5 aromatic carbocycles. The van der Waals surface area contributed by atoms with Crippen molar-refractivity contribution in [2.24, 2.45) is 5.92 Å². The summed E-state index contributed by atoms with van der Waals surface area (Å²) in [5, 5.41) is 27.6. The fourth-order valence-electron chi connectivity index (χ4n) is 8.40. The minimum atomic E-state index is -0.976. The predicted octanol–water partition coefficient (Wildman–Crippen LogP) is 8.75. The summed E-state index contributed by atoms with van der Waals surface area (Å²) in [6, 6.07) is 40.8. The Labute approximate surface area is 375 Å². The zero-order chi connectivity index (χ0) is 44.6. The summed E-state index contributed by atoms with van der Waals surface area (Å²) in [7, 11) is 0. The lowest BCUT2D eigenvalue weighted by Gasteiger charge is -2.32. The van der Waals surface area contributed by atoms with Gasteiger partial charge in [0.15, 0.2) is 0 Å². The normalized spacial score (nSPS) is 14.3. The maximum absolute atomic E-state index is 15.4. The van der Waals surface area contributed by atoms with Crippen molar-refractivity contribution in [2.75, 3.05) is 26.2 Å². The van der Waals surface area contributed by atoms with Crippen LogP contribution in [0.15, 0.2) is 138 Å². The van der Waals surface area contributed by atoms with E-state index in [1.165, 1.54) is 41.2 Å². The number of thiophene rings is 1. The van der Waals surface area contributed by atoms with Crippen molar-refractivity contribution >= 4 is 34.1 Å². The number of aromatic hydroxyl groups is 1. The van der Waals surface area contributed by atoms with Gasteiger partial charge in [-0.2, -0.15) is 0 Å². The number of aryl methyl sites for hydroxylation is 1. The number of carbonyl (C=O) groups excluding carboxylic acids is 2. The Balaban J connectivity index is 0.859. The Hall–Kier alpha value is -6.44. The lowest BCUT2D eigenvalue weighted by molar-refractivity contribution is -0.146. The Morgan fingerprint density at radius 1 is 0.875 bits per heavy atom. The Bertz CT molecular complexity index is 2790. The van der Waals surface area contributed by atoms with Gasteiger partial charge in [-0.3, -0.25) is 19.3 Å². The third-order valence-electron chi connectivity index (χ3n) is 12.0. The van der Waals surface area contributed by atoms with Crippen molar-refractivity contribution in [1.29, 1.82) is 0 Å². The molecule has 64 heavy (non-hydrogen) atoms. The van der Waals surface area contributed by atoms with Crippen LogP contribution in [-0.4, -0.2) is 58.2 Å². The number of amides is 1. The number of hydrogen-bond donors (Lipinski definition) is 5. The van der Waals surface area contributed by atoms with Gasteiger partial charge in [0.05, 0.1) is 30.3 Å². The molecule has 10 nitrogen and oxygen atoms in total. The maximum atomic E-state index is 15.4. The number of carbonyl (C=O) groups is 2. The molecule has 1 unspecified atom stereocenters. The van der Waals surface area contributed by atoms with Crippen LogP contribution in [0.5, 0.6) is 5.75 Å². The molecule has 1 amide bonds. The molecule has 2 aromatic heterocycles. The van der Waals surface area contributed by atoms with Gasteiger partial charge in [0.2, 0.25) is 5.56 Å². The second-order valence-electron chi connectivity index (χ2n) is 16.4. The van der Waals surface area contributed by atoms with E-state index in [1.54, 1.807) is 19.1 Å². The summed E-state index contributed by atoms with van der Waals surface area (Å²) < 4.78 is 21.5. The van der Waals surface area contributed by atoms with Crippen molar-refractivity contribution in [3.63, 3.8) is 0 Å². The number of aromatic amines is 1. The van der Waals surface area contributed by atoms with Crippen molar-refractivity contribution in [3.8, 4) is 16.2 Å². The van der Waals surface area contributed by atoms with Gasteiger partial charge >= 0.3 is 5.97 Å². The lowest BCUT2D eigenvalue weighted by Crippen LogP contribution is -2.35. The van der Waals surface area contributed by atoms with Gasteiger partial charge in [0, 0.05) is 40.8 Å². The number of esters is 1. The molecule has 1 saturated heterocycles. The molecule has 1 fully saturated rings. The molecule has 1 aliphatic rings. The number of aliphatic hydroxyl groups is 1. The second-order valence-corrected chi connectivity index (χ2v) is 17.6. The molecule has 0 bridgehead atoms. The molecule has 3 heterocycles. The van der Waals surface area contributed by atoms with Crippen LogP contribution in [0.3, 0.4) is 0 Å². The number of phenols is 1. The summed E-state index contributed by atoms with van der Waals surface area (Å²) in [5.74, 6) is -1.84. The van der Waals surface area contributed by atoms with Crippen LogP contribution < -0.4 is 16.2 Å². The zero-order valence-electron chi connectivity index (χ0n) is 35.6. The largest absolute Gasteiger partial charge is 0.506 e. The minimum absolute atomic E-state index is 0.0670. The number of H-pyrrole nitrogens is 1. The third kappa shape index (κ3) is 10.7. The molecule has 0 radical (unpaired) electrons. The van der Waals surface area contributed by atoms with E-state index in [9.17, 15) is 24.6 Å². The molecule has 0 saturated carbocycles. The average Bonchev–Trinajstić information content (AvgIpc) is 3.79. The first kappa shape index (κ1) is 44.2. The number of halogens is 1. The number of piperidine rings is 1. The highest BCUT2D eigenvalue weighted by Crippen LogP contribution is 2.34. The SMILES string of the molecule is Cc1cc(C(=O)NCc2ccc(-c3cccc(C(C(=O)OCC4CCN(Cc5ccccc5)CC4)c4ccccc4)c3)s2)c(F)cc1CNC[C@H](O)c1ccc(O)c2[nH]c(=O)ccc12. The predicted molar refractivity (Wildman–Crippen MR) is 249 cm³/mol. The van der Waals surface area contributed by atoms with E-state index in [-0.39, 0.29) is 48.0 Å². The Morgan fingerprint density at radius 2 is 1.62 bits per heavy atom. The number of aliphatic hydroxyl groups excluding tert-OH is 1. The minimum Gasteiger partial charge on any atom is -0.506 e. The Morgan fingerprint density at radius 3 is 2.41 bits per heavy atom. The van der Waals surface area contributed by atoms with E-state index >= 15 is 4.39 Å². The summed E-state index contributed by atoms with van der Waals surface area (Å²) in [4.78, 5) is 45.9. The molecular formula is C52H51FN4O6S. The van der Waals surface area contributed by atoms with Gasteiger partial charge in [-0.05, 0) is 120 Å². The van der Waals surface area contributed by atoms with Gasteiger partial charge < -0.3 is 30.6 Å². The first-order valence-electron chi connectivity index (χ1n) is 21.6. The van der Waals surface area contributed by atoms with E-state index in [0.717, 1.165) is 58.9 Å². The second kappa shape index (κ2) is 20.4. The number of rotatable bonds is 16. The number of hydrogen-bond acceptors (Lipinski definition) is 9. The number of phenolic OH excluding ortho intramolecular Hbond substituents is 1. The van der Waals surface area contributed by atoms with Crippen molar-refractivity contribution in [1.82, 2.24) is 20.5 Å². The number of nitrogens with one attached hydrogen (secondary N) is 3. The van der Waals surface area contributed by atoms with Crippen LogP contribution in [-0.2, 0) is 29.2 Å². The fraction of sp³-hybridized carbons (Fsp3) is 0.250. The maximum Gasteiger partial charge on any atom is 0.317 e. The topological polar surface area (TPSA) is 144 Å². The van der Waals surface area contributed by atoms with Gasteiger partial charge in [0.1, 0.15) is 17.5 Å².